The average molecular weight is 289 g/mol. The van der Waals surface area contributed by atoms with Gasteiger partial charge in [-0.3, -0.25) is 4.98 Å². The van der Waals surface area contributed by atoms with Crippen LogP contribution in [0.4, 0.5) is 0 Å². The maximum absolute atomic E-state index is 11.3. The number of benzene rings is 1. The molecule has 1 heterocycles. The zero-order chi connectivity index (χ0) is 14.3. The molecule has 20 heavy (non-hydrogen) atoms. The summed E-state index contributed by atoms with van der Waals surface area (Å²) in [5.74, 6) is 0.410. The number of pyridine rings is 1. The van der Waals surface area contributed by atoms with Gasteiger partial charge in [-0.2, -0.15) is 0 Å². The Balaban J connectivity index is 1.93. The van der Waals surface area contributed by atoms with Crippen molar-refractivity contribution < 1.29 is 8.42 Å². The number of hydrogen-bond acceptors (Lipinski definition) is 4. The molecule has 1 aromatic heterocycles. The number of nitrogens with two attached hydrogens (primary N) is 2. The zero-order valence-corrected chi connectivity index (χ0v) is 11.5. The fourth-order valence-electron chi connectivity index (χ4n) is 2.23. The van der Waals surface area contributed by atoms with Gasteiger partial charge in [0.25, 0.3) is 0 Å². The van der Waals surface area contributed by atoms with Crippen LogP contribution in [-0.2, 0) is 10.0 Å². The van der Waals surface area contributed by atoms with Crippen LogP contribution in [0.15, 0.2) is 47.5 Å². The van der Waals surface area contributed by atoms with Crippen molar-refractivity contribution in [3.8, 4) is 11.3 Å². The summed E-state index contributed by atoms with van der Waals surface area (Å²) in [4.78, 5) is 4.46. The second-order valence-corrected chi connectivity index (χ2v) is 6.62. The van der Waals surface area contributed by atoms with E-state index >= 15 is 0 Å². The summed E-state index contributed by atoms with van der Waals surface area (Å²) in [6.07, 6.45) is 2.80. The second kappa shape index (κ2) is 4.66. The maximum atomic E-state index is 11.3. The molecule has 1 aromatic carbocycles. The lowest BCUT2D eigenvalue weighted by Crippen LogP contribution is -2.11. The third kappa shape index (κ3) is 2.58. The molecule has 0 saturated heterocycles. The lowest BCUT2D eigenvalue weighted by atomic mass is 10.1. The van der Waals surface area contributed by atoms with Crippen molar-refractivity contribution in [3.63, 3.8) is 0 Å². The van der Waals surface area contributed by atoms with Crippen LogP contribution in [-0.4, -0.2) is 19.4 Å². The summed E-state index contributed by atoms with van der Waals surface area (Å²) < 4.78 is 22.7. The Hall–Kier alpha value is -1.76. The van der Waals surface area contributed by atoms with Crippen LogP contribution in [0.1, 0.15) is 17.9 Å². The minimum Gasteiger partial charge on any atom is -0.327 e. The molecule has 0 aliphatic heterocycles. The van der Waals surface area contributed by atoms with E-state index in [0.717, 1.165) is 17.5 Å². The predicted octanol–water partition coefficient (Wildman–Crippen LogP) is 1.21. The Kier molecular flexibility index (Phi) is 3.08. The summed E-state index contributed by atoms with van der Waals surface area (Å²) in [7, 11) is -3.70. The molecule has 0 unspecified atom stereocenters. The minimum absolute atomic E-state index is 0.0880. The van der Waals surface area contributed by atoms with Crippen LogP contribution in [0.25, 0.3) is 11.3 Å². The molecule has 0 radical (unpaired) electrons. The molecule has 2 atom stereocenters. The van der Waals surface area contributed by atoms with Gasteiger partial charge in [-0.05, 0) is 30.2 Å². The summed E-state index contributed by atoms with van der Waals surface area (Å²) >= 11 is 0. The third-order valence-corrected chi connectivity index (χ3v) is 4.42. The minimum atomic E-state index is -3.70. The van der Waals surface area contributed by atoms with Crippen molar-refractivity contribution in [2.75, 3.05) is 0 Å². The number of nitrogens with zero attached hydrogens (tertiary/aromatic N) is 1. The van der Waals surface area contributed by atoms with Gasteiger partial charge < -0.3 is 5.73 Å². The average Bonchev–Trinajstić information content (AvgIpc) is 3.15. The van der Waals surface area contributed by atoms with Gasteiger partial charge in [0.1, 0.15) is 0 Å². The molecule has 3 rings (SSSR count). The summed E-state index contributed by atoms with van der Waals surface area (Å²) in [6.45, 7) is 0. The first-order chi connectivity index (χ1) is 9.45. The molecule has 4 N–H and O–H groups in total. The van der Waals surface area contributed by atoms with E-state index < -0.39 is 10.0 Å². The molecule has 1 aliphatic rings. The van der Waals surface area contributed by atoms with Crippen molar-refractivity contribution in [2.45, 2.75) is 23.3 Å². The van der Waals surface area contributed by atoms with E-state index in [1.807, 2.05) is 12.1 Å². The van der Waals surface area contributed by atoms with Crippen molar-refractivity contribution in [1.82, 2.24) is 4.98 Å². The van der Waals surface area contributed by atoms with E-state index in [2.05, 4.69) is 4.98 Å². The highest BCUT2D eigenvalue weighted by atomic mass is 32.2. The Morgan fingerprint density at radius 1 is 1.20 bits per heavy atom. The van der Waals surface area contributed by atoms with Crippen LogP contribution >= 0.6 is 0 Å². The van der Waals surface area contributed by atoms with Crippen LogP contribution in [0.3, 0.4) is 0 Å². The summed E-state index contributed by atoms with van der Waals surface area (Å²) in [6, 6.07) is 10.6. The Labute approximate surface area is 117 Å². The third-order valence-electron chi connectivity index (χ3n) is 3.51. The smallest absolute Gasteiger partial charge is 0.238 e. The molecule has 6 heteroatoms. The van der Waals surface area contributed by atoms with E-state index in [9.17, 15) is 8.42 Å². The van der Waals surface area contributed by atoms with E-state index in [-0.39, 0.29) is 10.9 Å². The number of sulfonamides is 1. The van der Waals surface area contributed by atoms with E-state index in [1.165, 1.54) is 12.1 Å². The highest BCUT2D eigenvalue weighted by molar-refractivity contribution is 7.89. The quantitative estimate of drug-likeness (QED) is 0.887. The Morgan fingerprint density at radius 3 is 2.50 bits per heavy atom. The first-order valence-electron chi connectivity index (χ1n) is 6.30. The first-order valence-corrected chi connectivity index (χ1v) is 7.84. The molecule has 1 saturated carbocycles. The van der Waals surface area contributed by atoms with Gasteiger partial charge in [0.05, 0.1) is 10.6 Å². The largest absolute Gasteiger partial charge is 0.327 e. The number of hydrogen-bond donors (Lipinski definition) is 2. The van der Waals surface area contributed by atoms with Crippen LogP contribution in [0.2, 0.25) is 0 Å². The SMILES string of the molecule is N[C@H]1C[C@@H]1c1ccc(-c2cccc(S(N)(=O)=O)c2)nc1. The summed E-state index contributed by atoms with van der Waals surface area (Å²) in [5, 5.41) is 5.13. The molecule has 104 valence electrons. The van der Waals surface area contributed by atoms with Gasteiger partial charge >= 0.3 is 0 Å². The fourth-order valence-corrected chi connectivity index (χ4v) is 2.79. The molecular weight excluding hydrogens is 274 g/mol. The molecule has 0 spiro atoms. The van der Waals surface area contributed by atoms with Crippen molar-refractivity contribution in [1.29, 1.82) is 0 Å². The van der Waals surface area contributed by atoms with Crippen molar-refractivity contribution >= 4 is 10.0 Å². The molecule has 1 aliphatic carbocycles. The van der Waals surface area contributed by atoms with Crippen molar-refractivity contribution in [2.24, 2.45) is 10.9 Å². The molecule has 5 nitrogen and oxygen atoms in total. The predicted molar refractivity (Wildman–Crippen MR) is 76.4 cm³/mol. The summed E-state index contributed by atoms with van der Waals surface area (Å²) in [5.41, 5.74) is 8.38. The van der Waals surface area contributed by atoms with E-state index in [1.54, 1.807) is 18.3 Å². The van der Waals surface area contributed by atoms with Gasteiger partial charge in [-0.1, -0.05) is 18.2 Å². The Bertz CT molecular complexity index is 741. The number of primary sulfonamides is 1. The van der Waals surface area contributed by atoms with E-state index in [0.29, 0.717) is 11.6 Å². The lowest BCUT2D eigenvalue weighted by molar-refractivity contribution is 0.598. The Morgan fingerprint density at radius 2 is 1.95 bits per heavy atom. The van der Waals surface area contributed by atoms with Gasteiger partial charge in [0, 0.05) is 23.7 Å². The first kappa shape index (κ1) is 13.2. The van der Waals surface area contributed by atoms with Crippen LogP contribution in [0.5, 0.6) is 0 Å². The monoisotopic (exact) mass is 289 g/mol. The highest BCUT2D eigenvalue weighted by Crippen LogP contribution is 2.38. The van der Waals surface area contributed by atoms with Gasteiger partial charge in [0.15, 0.2) is 0 Å². The number of aromatic nitrogens is 1. The van der Waals surface area contributed by atoms with Gasteiger partial charge in [-0.15, -0.1) is 0 Å². The number of rotatable bonds is 3. The van der Waals surface area contributed by atoms with Crippen LogP contribution < -0.4 is 10.9 Å². The van der Waals surface area contributed by atoms with Crippen molar-refractivity contribution in [3.05, 3.63) is 48.2 Å². The highest BCUT2D eigenvalue weighted by Gasteiger charge is 2.34. The van der Waals surface area contributed by atoms with E-state index in [4.69, 9.17) is 10.9 Å². The molecule has 0 amide bonds. The fraction of sp³-hybridized carbons (Fsp3) is 0.214. The molecule has 2 aromatic rings. The lowest BCUT2D eigenvalue weighted by Gasteiger charge is -2.05. The normalized spacial score (nSPS) is 21.7. The molecule has 1 fully saturated rings. The second-order valence-electron chi connectivity index (χ2n) is 5.06. The zero-order valence-electron chi connectivity index (χ0n) is 10.7. The van der Waals surface area contributed by atoms with Gasteiger partial charge in [0.2, 0.25) is 10.0 Å². The topological polar surface area (TPSA) is 99.1 Å². The molecule has 0 bridgehead atoms. The maximum Gasteiger partial charge on any atom is 0.238 e. The standard InChI is InChI=1S/C14H15N3O2S/c15-13-7-12(13)10-4-5-14(17-8-10)9-2-1-3-11(6-9)20(16,18)19/h1-6,8,12-13H,7,15H2,(H2,16,18,19)/t12-,13+/m1/s1. The van der Waals surface area contributed by atoms with Crippen LogP contribution in [0, 0.1) is 0 Å². The van der Waals surface area contributed by atoms with Gasteiger partial charge in [-0.25, -0.2) is 13.6 Å². The molecular formula is C14H15N3O2S.